The van der Waals surface area contributed by atoms with Gasteiger partial charge in [0.1, 0.15) is 5.82 Å². The van der Waals surface area contributed by atoms with E-state index in [1.165, 1.54) is 12.1 Å². The Morgan fingerprint density at radius 3 is 2.72 bits per heavy atom. The topological polar surface area (TPSA) is 66.9 Å². The highest BCUT2D eigenvalue weighted by molar-refractivity contribution is 9.10. The van der Waals surface area contributed by atoms with Gasteiger partial charge in [0.05, 0.1) is 18.0 Å². The number of hydrogen-bond acceptors (Lipinski definition) is 4. The summed E-state index contributed by atoms with van der Waals surface area (Å²) in [7, 11) is 0. The number of carbonyl (C=O) groups is 1. The van der Waals surface area contributed by atoms with Gasteiger partial charge in [0, 0.05) is 0 Å². The van der Waals surface area contributed by atoms with Crippen LogP contribution in [0.4, 0.5) is 4.39 Å². The van der Waals surface area contributed by atoms with E-state index in [-0.39, 0.29) is 11.5 Å². The molecule has 0 unspecified atom stereocenters. The summed E-state index contributed by atoms with van der Waals surface area (Å²) in [6.07, 6.45) is 0.963. The van der Waals surface area contributed by atoms with Gasteiger partial charge in [-0.25, -0.2) is 4.39 Å². The van der Waals surface area contributed by atoms with Gasteiger partial charge in [0.25, 0.3) is 0 Å². The Kier molecular flexibility index (Phi) is 3.53. The lowest BCUT2D eigenvalue weighted by molar-refractivity contribution is 0.0949. The smallest absolute Gasteiger partial charge is 0.221 e. The number of hydrogen-bond donors (Lipinski definition) is 0. The number of halogens is 2. The summed E-state index contributed by atoms with van der Waals surface area (Å²) in [5, 5.41) is 9.03. The summed E-state index contributed by atoms with van der Waals surface area (Å²) in [6.45, 7) is 0. The summed E-state index contributed by atoms with van der Waals surface area (Å²) in [5.74, 6) is -2.09. The third-order valence-electron chi connectivity index (χ3n) is 2.25. The van der Waals surface area contributed by atoms with Crippen LogP contribution < -0.4 is 0 Å². The number of Topliss-reactive ketones (excluding diaryl/α,β-unsaturated/α-hetero) is 1. The van der Waals surface area contributed by atoms with Gasteiger partial charge in [-0.2, -0.15) is 5.26 Å². The standard InChI is InChI=1S/C12H6BrFN2O2/c13-11-4-3-10(18-11)12(17)8(5-15)9-2-1-7(14)6-16-9/h1-4,6,8H/t8-/m1/s1. The molecule has 0 aliphatic rings. The average molecular weight is 309 g/mol. The van der Waals surface area contributed by atoms with Crippen LogP contribution in [0.5, 0.6) is 0 Å². The molecule has 0 aliphatic heterocycles. The quantitative estimate of drug-likeness (QED) is 0.817. The normalized spacial score (nSPS) is 11.8. The second-order valence-corrected chi connectivity index (χ2v) is 4.21. The second kappa shape index (κ2) is 5.10. The van der Waals surface area contributed by atoms with E-state index < -0.39 is 17.5 Å². The molecular weight excluding hydrogens is 303 g/mol. The van der Waals surface area contributed by atoms with Crippen LogP contribution >= 0.6 is 15.9 Å². The molecule has 0 spiro atoms. The van der Waals surface area contributed by atoms with Crippen molar-refractivity contribution in [2.75, 3.05) is 0 Å². The number of pyridine rings is 1. The van der Waals surface area contributed by atoms with Gasteiger partial charge in [-0.3, -0.25) is 9.78 Å². The SMILES string of the molecule is N#C[C@@H](C(=O)c1ccc(Br)o1)c1ccc(F)cn1. The largest absolute Gasteiger partial charge is 0.446 e. The van der Waals surface area contributed by atoms with Gasteiger partial charge in [0.15, 0.2) is 16.3 Å². The maximum Gasteiger partial charge on any atom is 0.221 e. The fourth-order valence-corrected chi connectivity index (χ4v) is 1.71. The van der Waals surface area contributed by atoms with E-state index in [9.17, 15) is 9.18 Å². The van der Waals surface area contributed by atoms with Gasteiger partial charge in [0.2, 0.25) is 5.78 Å². The van der Waals surface area contributed by atoms with Gasteiger partial charge in [-0.05, 0) is 40.2 Å². The molecule has 18 heavy (non-hydrogen) atoms. The third kappa shape index (κ3) is 2.46. The number of nitrogens with zero attached hydrogens (tertiary/aromatic N) is 2. The van der Waals surface area contributed by atoms with Crippen molar-refractivity contribution in [2.45, 2.75) is 5.92 Å². The minimum Gasteiger partial charge on any atom is -0.446 e. The second-order valence-electron chi connectivity index (χ2n) is 3.43. The van der Waals surface area contributed by atoms with E-state index in [1.807, 2.05) is 6.07 Å². The Labute approximate surface area is 110 Å². The lowest BCUT2D eigenvalue weighted by Crippen LogP contribution is -2.12. The first-order valence-corrected chi connectivity index (χ1v) is 5.71. The highest BCUT2D eigenvalue weighted by Gasteiger charge is 2.25. The molecule has 2 heterocycles. The lowest BCUT2D eigenvalue weighted by atomic mass is 9.99. The predicted molar refractivity (Wildman–Crippen MR) is 63.3 cm³/mol. The molecule has 0 saturated carbocycles. The summed E-state index contributed by atoms with van der Waals surface area (Å²) < 4.78 is 18.2. The van der Waals surface area contributed by atoms with Crippen LogP contribution in [0.3, 0.4) is 0 Å². The van der Waals surface area contributed by atoms with Crippen LogP contribution in [0.25, 0.3) is 0 Å². The molecule has 0 bridgehead atoms. The van der Waals surface area contributed by atoms with Crippen molar-refractivity contribution >= 4 is 21.7 Å². The first kappa shape index (κ1) is 12.5. The van der Waals surface area contributed by atoms with Crippen molar-refractivity contribution in [3.63, 3.8) is 0 Å². The van der Waals surface area contributed by atoms with Crippen molar-refractivity contribution in [2.24, 2.45) is 0 Å². The van der Waals surface area contributed by atoms with Gasteiger partial charge in [-0.1, -0.05) is 0 Å². The number of carbonyl (C=O) groups excluding carboxylic acids is 1. The van der Waals surface area contributed by atoms with E-state index >= 15 is 0 Å². The molecule has 4 nitrogen and oxygen atoms in total. The Hall–Kier alpha value is -2.00. The van der Waals surface area contributed by atoms with Crippen LogP contribution in [0, 0.1) is 17.1 Å². The summed E-state index contributed by atoms with van der Waals surface area (Å²) in [6, 6.07) is 7.30. The molecular formula is C12H6BrFN2O2. The number of ketones is 1. The zero-order valence-electron chi connectivity index (χ0n) is 8.93. The maximum absolute atomic E-state index is 12.7. The van der Waals surface area contributed by atoms with Crippen LogP contribution in [0.15, 0.2) is 39.5 Å². The minimum atomic E-state index is -1.11. The molecule has 0 fully saturated rings. The molecule has 6 heteroatoms. The van der Waals surface area contributed by atoms with Crippen molar-refractivity contribution in [1.82, 2.24) is 4.98 Å². The monoisotopic (exact) mass is 308 g/mol. The maximum atomic E-state index is 12.7. The van der Waals surface area contributed by atoms with E-state index in [1.54, 1.807) is 6.07 Å². The van der Waals surface area contributed by atoms with Crippen LogP contribution in [0.1, 0.15) is 22.2 Å². The van der Waals surface area contributed by atoms with Crippen molar-refractivity contribution in [3.05, 3.63) is 52.4 Å². The van der Waals surface area contributed by atoms with E-state index in [2.05, 4.69) is 20.9 Å². The fourth-order valence-electron chi connectivity index (χ4n) is 1.41. The van der Waals surface area contributed by atoms with E-state index in [0.29, 0.717) is 4.67 Å². The molecule has 2 aromatic heterocycles. The molecule has 0 N–H and O–H groups in total. The van der Waals surface area contributed by atoms with Crippen LogP contribution in [0.2, 0.25) is 0 Å². The Morgan fingerprint density at radius 2 is 2.22 bits per heavy atom. The molecule has 2 rings (SSSR count). The average Bonchev–Trinajstić information content (AvgIpc) is 2.79. The van der Waals surface area contributed by atoms with E-state index in [0.717, 1.165) is 12.3 Å². The van der Waals surface area contributed by atoms with Gasteiger partial charge in [-0.15, -0.1) is 0 Å². The first-order valence-electron chi connectivity index (χ1n) is 4.92. The van der Waals surface area contributed by atoms with Gasteiger partial charge >= 0.3 is 0 Å². The fraction of sp³-hybridized carbons (Fsp3) is 0.0833. The zero-order chi connectivity index (χ0) is 13.1. The number of nitriles is 1. The molecule has 0 saturated heterocycles. The summed E-state index contributed by atoms with van der Waals surface area (Å²) in [5.41, 5.74) is 0.191. The van der Waals surface area contributed by atoms with E-state index in [4.69, 9.17) is 9.68 Å². The number of aromatic nitrogens is 1. The summed E-state index contributed by atoms with van der Waals surface area (Å²) in [4.78, 5) is 15.7. The highest BCUT2D eigenvalue weighted by Crippen LogP contribution is 2.22. The first-order chi connectivity index (χ1) is 8.61. The highest BCUT2D eigenvalue weighted by atomic mass is 79.9. The van der Waals surface area contributed by atoms with Crippen molar-refractivity contribution in [3.8, 4) is 6.07 Å². The number of rotatable bonds is 3. The number of furan rings is 1. The lowest BCUT2D eigenvalue weighted by Gasteiger charge is -2.05. The minimum absolute atomic E-state index is 0.0551. The molecule has 0 aromatic carbocycles. The summed E-state index contributed by atoms with van der Waals surface area (Å²) >= 11 is 3.07. The van der Waals surface area contributed by atoms with Gasteiger partial charge < -0.3 is 4.42 Å². The third-order valence-corrected chi connectivity index (χ3v) is 2.68. The molecule has 0 radical (unpaired) electrons. The van der Waals surface area contributed by atoms with Crippen molar-refractivity contribution < 1.29 is 13.6 Å². The zero-order valence-corrected chi connectivity index (χ0v) is 10.5. The molecule has 90 valence electrons. The molecule has 0 amide bonds. The predicted octanol–water partition coefficient (Wildman–Crippen LogP) is 3.07. The van der Waals surface area contributed by atoms with Crippen molar-refractivity contribution in [1.29, 1.82) is 5.26 Å². The Balaban J connectivity index is 2.32. The molecule has 2 aromatic rings. The Bertz CT molecular complexity index is 616. The molecule has 0 aliphatic carbocycles. The van der Waals surface area contributed by atoms with Crippen LogP contribution in [-0.4, -0.2) is 10.8 Å². The van der Waals surface area contributed by atoms with Crippen LogP contribution in [-0.2, 0) is 0 Å². The Morgan fingerprint density at radius 1 is 1.44 bits per heavy atom. The molecule has 1 atom stereocenters.